The summed E-state index contributed by atoms with van der Waals surface area (Å²) in [6, 6.07) is 1.77. The van der Waals surface area contributed by atoms with Crippen molar-refractivity contribution in [3.8, 4) is 0 Å². The Kier molecular flexibility index (Phi) is 4.33. The number of aromatic nitrogens is 2. The van der Waals surface area contributed by atoms with E-state index in [1.165, 1.54) is 28.5 Å². The minimum Gasteiger partial charge on any atom is -0.314 e. The first-order valence-corrected chi connectivity index (χ1v) is 8.72. The van der Waals surface area contributed by atoms with Gasteiger partial charge in [0.25, 0.3) is 5.56 Å². The Morgan fingerprint density at radius 1 is 1.42 bits per heavy atom. The summed E-state index contributed by atoms with van der Waals surface area (Å²) in [5.41, 5.74) is -0.0591. The maximum absolute atomic E-state index is 12.0. The molecule has 0 saturated carbocycles. The molecule has 1 N–H and O–H groups in total. The maximum Gasteiger partial charge on any atom is 0.262 e. The van der Waals surface area contributed by atoms with Gasteiger partial charge in [0, 0.05) is 25.9 Å². The van der Waals surface area contributed by atoms with E-state index in [0.717, 1.165) is 4.83 Å². The van der Waals surface area contributed by atoms with E-state index in [4.69, 9.17) is 0 Å². The molecule has 0 aliphatic carbocycles. The molecular formula is C11H15N3O3S2. The fraction of sp³-hybridized carbons (Fsp3) is 0.455. The zero-order chi connectivity index (χ0) is 13.9. The first-order chi connectivity index (χ1) is 8.97. The molecule has 0 spiro atoms. The lowest BCUT2D eigenvalue weighted by atomic mass is 10.4. The first-order valence-electron chi connectivity index (χ1n) is 5.78. The van der Waals surface area contributed by atoms with Crippen molar-refractivity contribution < 1.29 is 8.42 Å². The normalized spacial score (nSPS) is 12.1. The molecule has 2 rings (SSSR count). The van der Waals surface area contributed by atoms with Gasteiger partial charge in [-0.15, -0.1) is 11.3 Å². The summed E-state index contributed by atoms with van der Waals surface area (Å²) in [6.07, 6.45) is 2.73. The molecule has 0 unspecified atom stereocenters. The van der Waals surface area contributed by atoms with Crippen LogP contribution in [0.1, 0.15) is 0 Å². The Hall–Kier alpha value is -1.25. The number of nitrogens with zero attached hydrogens (tertiary/aromatic N) is 2. The molecule has 0 aromatic carbocycles. The molecule has 0 atom stereocenters. The largest absolute Gasteiger partial charge is 0.314 e. The van der Waals surface area contributed by atoms with Crippen molar-refractivity contribution in [2.45, 2.75) is 6.54 Å². The van der Waals surface area contributed by atoms with E-state index in [-0.39, 0.29) is 11.3 Å². The minimum absolute atomic E-state index is 0.0591. The molecule has 19 heavy (non-hydrogen) atoms. The molecule has 0 radical (unpaired) electrons. The van der Waals surface area contributed by atoms with Gasteiger partial charge >= 0.3 is 0 Å². The molecule has 104 valence electrons. The molecule has 0 fully saturated rings. The van der Waals surface area contributed by atoms with Crippen LogP contribution in [0, 0.1) is 0 Å². The van der Waals surface area contributed by atoms with Crippen molar-refractivity contribution >= 4 is 31.4 Å². The second-order valence-corrected chi connectivity index (χ2v) is 7.42. The lowest BCUT2D eigenvalue weighted by Crippen LogP contribution is -2.29. The van der Waals surface area contributed by atoms with Gasteiger partial charge < -0.3 is 5.32 Å². The van der Waals surface area contributed by atoms with Gasteiger partial charge in [-0.05, 0) is 11.4 Å². The van der Waals surface area contributed by atoms with Crippen LogP contribution in [0.15, 0.2) is 22.6 Å². The molecule has 2 aromatic rings. The predicted molar refractivity (Wildman–Crippen MR) is 76.5 cm³/mol. The van der Waals surface area contributed by atoms with Gasteiger partial charge in [0.15, 0.2) is 0 Å². The molecular weight excluding hydrogens is 286 g/mol. The molecule has 0 aliphatic rings. The number of hydrogen-bond acceptors (Lipinski definition) is 6. The lowest BCUT2D eigenvalue weighted by molar-refractivity contribution is 0.580. The van der Waals surface area contributed by atoms with Gasteiger partial charge in [-0.1, -0.05) is 0 Å². The summed E-state index contributed by atoms with van der Waals surface area (Å²) in [5.74, 6) is 0.101. The molecule has 2 heterocycles. The summed E-state index contributed by atoms with van der Waals surface area (Å²) in [7, 11) is -2.94. The van der Waals surface area contributed by atoms with E-state index in [0.29, 0.717) is 25.0 Å². The fourth-order valence-corrected chi connectivity index (χ4v) is 2.87. The fourth-order valence-electron chi connectivity index (χ4n) is 1.63. The Balaban J connectivity index is 1.91. The van der Waals surface area contributed by atoms with Gasteiger partial charge in [-0.2, -0.15) is 0 Å². The highest BCUT2D eigenvalue weighted by molar-refractivity contribution is 7.90. The third-order valence-corrected chi connectivity index (χ3v) is 4.40. The Morgan fingerprint density at radius 2 is 2.21 bits per heavy atom. The minimum atomic E-state index is -2.94. The summed E-state index contributed by atoms with van der Waals surface area (Å²) < 4.78 is 23.4. The van der Waals surface area contributed by atoms with Crippen molar-refractivity contribution in [3.63, 3.8) is 0 Å². The third kappa shape index (κ3) is 3.85. The van der Waals surface area contributed by atoms with Crippen LogP contribution in [0.25, 0.3) is 10.2 Å². The van der Waals surface area contributed by atoms with E-state index in [9.17, 15) is 13.2 Å². The van der Waals surface area contributed by atoms with E-state index in [1.807, 2.05) is 5.38 Å². The maximum atomic E-state index is 12.0. The highest BCUT2D eigenvalue weighted by Gasteiger charge is 2.05. The summed E-state index contributed by atoms with van der Waals surface area (Å²) >= 11 is 1.44. The van der Waals surface area contributed by atoms with Crippen LogP contribution in [0.5, 0.6) is 0 Å². The van der Waals surface area contributed by atoms with Gasteiger partial charge in [0.1, 0.15) is 14.7 Å². The molecule has 0 saturated heterocycles. The molecule has 0 bridgehead atoms. The first kappa shape index (κ1) is 14.2. The van der Waals surface area contributed by atoms with Crippen LogP contribution in [-0.2, 0) is 16.4 Å². The molecule has 6 nitrogen and oxygen atoms in total. The molecule has 8 heteroatoms. The summed E-state index contributed by atoms with van der Waals surface area (Å²) in [4.78, 5) is 17.0. The van der Waals surface area contributed by atoms with Gasteiger partial charge in [0.2, 0.25) is 0 Å². The van der Waals surface area contributed by atoms with E-state index >= 15 is 0 Å². The number of nitrogens with one attached hydrogen (secondary N) is 1. The van der Waals surface area contributed by atoms with Crippen LogP contribution >= 0.6 is 11.3 Å². The Morgan fingerprint density at radius 3 is 2.95 bits per heavy atom. The number of fused-ring (bicyclic) bond motifs is 1. The molecule has 0 amide bonds. The topological polar surface area (TPSA) is 81.1 Å². The van der Waals surface area contributed by atoms with E-state index in [1.54, 1.807) is 6.07 Å². The standard InChI is InChI=1S/C11H15N3O3S2/c1-19(16,17)7-4-12-3-5-14-8-13-10-9(11(14)15)2-6-18-10/h2,6,8,12H,3-5,7H2,1H3. The van der Waals surface area contributed by atoms with Crippen molar-refractivity contribution in [2.75, 3.05) is 25.1 Å². The Bertz CT molecular complexity index is 718. The zero-order valence-electron chi connectivity index (χ0n) is 10.5. The average Bonchev–Trinajstić information content (AvgIpc) is 2.79. The van der Waals surface area contributed by atoms with Crippen molar-refractivity contribution in [2.24, 2.45) is 0 Å². The van der Waals surface area contributed by atoms with Crippen molar-refractivity contribution in [3.05, 3.63) is 28.1 Å². The average molecular weight is 301 g/mol. The van der Waals surface area contributed by atoms with Crippen molar-refractivity contribution in [1.82, 2.24) is 14.9 Å². The summed E-state index contributed by atoms with van der Waals surface area (Å²) in [5, 5.41) is 5.46. The number of hydrogen-bond donors (Lipinski definition) is 1. The van der Waals surface area contributed by atoms with Crippen LogP contribution in [0.4, 0.5) is 0 Å². The zero-order valence-corrected chi connectivity index (χ0v) is 12.1. The second-order valence-electron chi connectivity index (χ2n) is 4.26. The highest BCUT2D eigenvalue weighted by Crippen LogP contribution is 2.12. The quantitative estimate of drug-likeness (QED) is 0.765. The third-order valence-electron chi connectivity index (χ3n) is 2.63. The number of sulfone groups is 1. The smallest absolute Gasteiger partial charge is 0.262 e. The van der Waals surface area contributed by atoms with Crippen molar-refractivity contribution in [1.29, 1.82) is 0 Å². The molecule has 0 aliphatic heterocycles. The van der Waals surface area contributed by atoms with E-state index < -0.39 is 9.84 Å². The van der Waals surface area contributed by atoms with E-state index in [2.05, 4.69) is 10.3 Å². The second kappa shape index (κ2) is 5.81. The van der Waals surface area contributed by atoms with Gasteiger partial charge in [-0.25, -0.2) is 13.4 Å². The van der Waals surface area contributed by atoms with Gasteiger partial charge in [-0.3, -0.25) is 9.36 Å². The Labute approximate surface area is 115 Å². The monoisotopic (exact) mass is 301 g/mol. The summed E-state index contributed by atoms with van der Waals surface area (Å²) in [6.45, 7) is 1.40. The van der Waals surface area contributed by atoms with Crippen LogP contribution in [-0.4, -0.2) is 43.1 Å². The lowest BCUT2D eigenvalue weighted by Gasteiger charge is -2.06. The van der Waals surface area contributed by atoms with Gasteiger partial charge in [0.05, 0.1) is 17.5 Å². The van der Waals surface area contributed by atoms with Crippen LogP contribution in [0.2, 0.25) is 0 Å². The van der Waals surface area contributed by atoms with Crippen LogP contribution in [0.3, 0.4) is 0 Å². The molecule has 2 aromatic heterocycles. The predicted octanol–water partition coefficient (Wildman–Crippen LogP) is 0.0922. The van der Waals surface area contributed by atoms with Crippen LogP contribution < -0.4 is 10.9 Å². The number of rotatable bonds is 6. The SMILES string of the molecule is CS(=O)(=O)CCNCCn1cnc2sccc2c1=O. The highest BCUT2D eigenvalue weighted by atomic mass is 32.2. The number of thiophene rings is 1.